The Kier molecular flexibility index (Phi) is 3.15. The lowest BCUT2D eigenvalue weighted by Crippen LogP contribution is -2.14. The van der Waals surface area contributed by atoms with E-state index in [9.17, 15) is 4.79 Å². The average Bonchev–Trinajstić information content (AvgIpc) is 2.21. The molecule has 0 aromatic carbocycles. The van der Waals surface area contributed by atoms with Gasteiger partial charge >= 0.3 is 0 Å². The van der Waals surface area contributed by atoms with Crippen LogP contribution in [0.5, 0.6) is 0 Å². The summed E-state index contributed by atoms with van der Waals surface area (Å²) in [5.41, 5.74) is 3.29. The van der Waals surface area contributed by atoms with Crippen LogP contribution in [-0.2, 0) is 0 Å². The van der Waals surface area contributed by atoms with Crippen molar-refractivity contribution >= 4 is 34.2 Å². The van der Waals surface area contributed by atoms with Gasteiger partial charge in [0.15, 0.2) is 5.43 Å². The van der Waals surface area contributed by atoms with Crippen LogP contribution in [0, 0.1) is 20.8 Å². The molecule has 0 bridgehead atoms. The minimum Gasteiger partial charge on any atom is -0.340 e. The Hall–Kier alpha value is -1.06. The average molecular weight is 271 g/mol. The van der Waals surface area contributed by atoms with Gasteiger partial charge in [0.05, 0.1) is 11.1 Å². The number of aryl methyl sites for hydroxylation is 2. The van der Waals surface area contributed by atoms with E-state index in [0.29, 0.717) is 22.3 Å². The normalized spacial score (nSPS) is 11.4. The zero-order chi connectivity index (χ0) is 12.7. The van der Waals surface area contributed by atoms with Crippen molar-refractivity contribution in [3.8, 4) is 0 Å². The van der Waals surface area contributed by atoms with Gasteiger partial charge in [0, 0.05) is 11.3 Å². The number of hydrogen-bond donors (Lipinski definition) is 1. The minimum absolute atomic E-state index is 0.0648. The summed E-state index contributed by atoms with van der Waals surface area (Å²) in [6.45, 7) is 5.48. The molecule has 0 spiro atoms. The number of rotatable bonds is 1. The van der Waals surface area contributed by atoms with Gasteiger partial charge < -0.3 is 4.98 Å². The van der Waals surface area contributed by atoms with E-state index in [1.807, 2.05) is 19.9 Å². The van der Waals surface area contributed by atoms with Gasteiger partial charge in [-0.15, -0.1) is 0 Å². The van der Waals surface area contributed by atoms with Crippen molar-refractivity contribution in [1.29, 1.82) is 0 Å². The van der Waals surface area contributed by atoms with Gasteiger partial charge in [0.1, 0.15) is 10.5 Å². The van der Waals surface area contributed by atoms with Gasteiger partial charge in [-0.3, -0.25) is 4.79 Å². The number of aromatic nitrogens is 2. The van der Waals surface area contributed by atoms with Crippen molar-refractivity contribution in [2.75, 3.05) is 0 Å². The summed E-state index contributed by atoms with van der Waals surface area (Å²) in [5.74, 6) is 0. The molecule has 0 saturated carbocycles. The zero-order valence-electron chi connectivity index (χ0n) is 9.77. The van der Waals surface area contributed by atoms with E-state index in [2.05, 4.69) is 9.97 Å². The number of alkyl halides is 2. The molecule has 5 heteroatoms. The fraction of sp³-hybridized carbons (Fsp3) is 0.333. The van der Waals surface area contributed by atoms with E-state index in [1.165, 1.54) is 0 Å². The molecule has 0 amide bonds. The molecule has 90 valence electrons. The summed E-state index contributed by atoms with van der Waals surface area (Å²) in [5, 5.41) is 0.603. The zero-order valence-corrected chi connectivity index (χ0v) is 11.3. The van der Waals surface area contributed by atoms with Crippen molar-refractivity contribution in [3.05, 3.63) is 38.8 Å². The number of hydrogen-bond acceptors (Lipinski definition) is 2. The summed E-state index contributed by atoms with van der Waals surface area (Å²) >= 11 is 11.7. The van der Waals surface area contributed by atoms with Crippen LogP contribution in [0.15, 0.2) is 10.9 Å². The monoisotopic (exact) mass is 270 g/mol. The van der Waals surface area contributed by atoms with E-state index in [0.717, 1.165) is 11.3 Å². The summed E-state index contributed by atoms with van der Waals surface area (Å²) < 4.78 is 0. The van der Waals surface area contributed by atoms with Crippen LogP contribution in [0.2, 0.25) is 0 Å². The smallest absolute Gasteiger partial charge is 0.194 e. The molecule has 0 radical (unpaired) electrons. The van der Waals surface area contributed by atoms with Crippen molar-refractivity contribution < 1.29 is 0 Å². The third kappa shape index (κ3) is 2.05. The minimum atomic E-state index is -0.755. The highest BCUT2D eigenvalue weighted by molar-refractivity contribution is 6.44. The first kappa shape index (κ1) is 12.4. The first-order valence-electron chi connectivity index (χ1n) is 5.20. The number of pyridine rings is 2. The third-order valence-corrected chi connectivity index (χ3v) is 3.22. The number of halogens is 2. The molecule has 2 heterocycles. The van der Waals surface area contributed by atoms with E-state index >= 15 is 0 Å². The fourth-order valence-corrected chi connectivity index (χ4v) is 2.40. The molecule has 2 aromatic heterocycles. The van der Waals surface area contributed by atoms with E-state index in [4.69, 9.17) is 23.2 Å². The lowest BCUT2D eigenvalue weighted by molar-refractivity contribution is 1.08. The van der Waals surface area contributed by atoms with Crippen LogP contribution in [0.4, 0.5) is 0 Å². The molecule has 0 unspecified atom stereocenters. The fourth-order valence-electron chi connectivity index (χ4n) is 1.96. The highest BCUT2D eigenvalue weighted by Gasteiger charge is 2.15. The molecular formula is C12H12Cl2N2O. The highest BCUT2D eigenvalue weighted by atomic mass is 35.5. The Balaban J connectivity index is 2.96. The van der Waals surface area contributed by atoms with Crippen molar-refractivity contribution in [1.82, 2.24) is 9.97 Å². The predicted octanol–water partition coefficient (Wildman–Crippen LogP) is 3.32. The van der Waals surface area contributed by atoms with Crippen molar-refractivity contribution in [3.63, 3.8) is 0 Å². The topological polar surface area (TPSA) is 45.8 Å². The van der Waals surface area contributed by atoms with Crippen LogP contribution >= 0.6 is 23.2 Å². The molecule has 1 N–H and O–H groups in total. The Morgan fingerprint density at radius 2 is 1.94 bits per heavy atom. The second kappa shape index (κ2) is 4.31. The van der Waals surface area contributed by atoms with E-state index in [-0.39, 0.29) is 5.43 Å². The number of nitrogens with zero attached hydrogens (tertiary/aromatic N) is 1. The summed E-state index contributed by atoms with van der Waals surface area (Å²) in [6.07, 6.45) is 0. The number of aromatic amines is 1. The second-order valence-electron chi connectivity index (χ2n) is 4.10. The van der Waals surface area contributed by atoms with Gasteiger partial charge in [-0.1, -0.05) is 23.2 Å². The quantitative estimate of drug-likeness (QED) is 0.808. The highest BCUT2D eigenvalue weighted by Crippen LogP contribution is 2.26. The predicted molar refractivity (Wildman–Crippen MR) is 71.0 cm³/mol. The lowest BCUT2D eigenvalue weighted by atomic mass is 10.1. The number of fused-ring (bicyclic) bond motifs is 1. The van der Waals surface area contributed by atoms with Crippen LogP contribution < -0.4 is 5.43 Å². The molecule has 17 heavy (non-hydrogen) atoms. The van der Waals surface area contributed by atoms with Gasteiger partial charge in [-0.25, -0.2) is 4.98 Å². The Morgan fingerprint density at radius 3 is 2.53 bits per heavy atom. The maximum atomic E-state index is 12.2. The maximum Gasteiger partial charge on any atom is 0.194 e. The van der Waals surface area contributed by atoms with Gasteiger partial charge in [0.25, 0.3) is 0 Å². The Bertz CT molecular complexity index is 647. The van der Waals surface area contributed by atoms with Crippen LogP contribution in [0.3, 0.4) is 0 Å². The molecule has 0 aliphatic heterocycles. The number of H-pyrrole nitrogens is 1. The SMILES string of the molecule is Cc1cc(C)c2c(=O)c(C)c(C(Cl)Cl)[nH]c2n1. The van der Waals surface area contributed by atoms with Crippen LogP contribution in [0.25, 0.3) is 11.0 Å². The molecule has 0 atom stereocenters. The molecular weight excluding hydrogens is 259 g/mol. The van der Waals surface area contributed by atoms with Crippen LogP contribution in [0.1, 0.15) is 27.4 Å². The first-order chi connectivity index (χ1) is 7.91. The molecule has 0 aliphatic rings. The summed E-state index contributed by atoms with van der Waals surface area (Å²) in [4.78, 5) is 18.8. The molecule has 2 aromatic rings. The summed E-state index contributed by atoms with van der Waals surface area (Å²) in [7, 11) is 0. The molecule has 2 rings (SSSR count). The lowest BCUT2D eigenvalue weighted by Gasteiger charge is -2.10. The first-order valence-corrected chi connectivity index (χ1v) is 6.08. The van der Waals surface area contributed by atoms with Gasteiger partial charge in [-0.05, 0) is 32.4 Å². The van der Waals surface area contributed by atoms with Crippen LogP contribution in [-0.4, -0.2) is 9.97 Å². The second-order valence-corrected chi connectivity index (χ2v) is 5.19. The van der Waals surface area contributed by atoms with E-state index in [1.54, 1.807) is 6.92 Å². The van der Waals surface area contributed by atoms with Gasteiger partial charge in [-0.2, -0.15) is 0 Å². The Labute approximate surface area is 109 Å². The number of nitrogens with one attached hydrogen (secondary N) is 1. The van der Waals surface area contributed by atoms with Crippen molar-refractivity contribution in [2.24, 2.45) is 0 Å². The Morgan fingerprint density at radius 1 is 1.29 bits per heavy atom. The summed E-state index contributed by atoms with van der Waals surface area (Å²) in [6, 6.07) is 1.88. The van der Waals surface area contributed by atoms with Gasteiger partial charge in [0.2, 0.25) is 0 Å². The molecule has 0 saturated heterocycles. The third-order valence-electron chi connectivity index (χ3n) is 2.79. The van der Waals surface area contributed by atoms with Crippen molar-refractivity contribution in [2.45, 2.75) is 25.6 Å². The maximum absolute atomic E-state index is 12.2. The standard InChI is InChI=1S/C12H12Cl2N2O/c1-5-4-6(2)15-12-8(5)10(17)7(3)9(16-12)11(13)14/h4,11H,1-3H3,(H,15,16,17). The molecule has 0 fully saturated rings. The largest absolute Gasteiger partial charge is 0.340 e. The molecule has 3 nitrogen and oxygen atoms in total. The van der Waals surface area contributed by atoms with E-state index < -0.39 is 4.84 Å². The molecule has 0 aliphatic carbocycles.